The largest absolute Gasteiger partial charge is 0.481 e. The number of carboxylic acid groups (broad SMARTS) is 1. The molecular formula is C20H24ClNO5S. The van der Waals surface area contributed by atoms with Gasteiger partial charge >= 0.3 is 11.9 Å². The predicted octanol–water partition coefficient (Wildman–Crippen LogP) is 4.22. The fourth-order valence-corrected chi connectivity index (χ4v) is 5.36. The van der Waals surface area contributed by atoms with Gasteiger partial charge in [-0.3, -0.25) is 9.59 Å². The van der Waals surface area contributed by atoms with Crippen LogP contribution >= 0.6 is 22.9 Å². The molecule has 6 nitrogen and oxygen atoms in total. The minimum absolute atomic E-state index is 0.182. The molecule has 0 bridgehead atoms. The van der Waals surface area contributed by atoms with Crippen molar-refractivity contribution in [1.29, 1.82) is 0 Å². The molecular weight excluding hydrogens is 402 g/mol. The number of ether oxygens (including phenoxy) is 1. The molecule has 2 aliphatic rings. The van der Waals surface area contributed by atoms with Gasteiger partial charge in [0.15, 0.2) is 0 Å². The number of carbonyl (C=O) groups is 3. The van der Waals surface area contributed by atoms with Gasteiger partial charge in [0, 0.05) is 9.91 Å². The Morgan fingerprint density at radius 3 is 2.75 bits per heavy atom. The summed E-state index contributed by atoms with van der Waals surface area (Å²) in [4.78, 5) is 38.2. The lowest BCUT2D eigenvalue weighted by atomic mass is 9.82. The van der Waals surface area contributed by atoms with Crippen molar-refractivity contribution in [3.63, 3.8) is 0 Å². The number of carbonyl (C=O) groups excluding carboxylic acids is 2. The Labute approximate surface area is 172 Å². The van der Waals surface area contributed by atoms with Crippen LogP contribution in [0.15, 0.2) is 11.1 Å². The summed E-state index contributed by atoms with van der Waals surface area (Å²) in [5.74, 6) is -3.04. The van der Waals surface area contributed by atoms with Crippen LogP contribution in [0.4, 0.5) is 5.00 Å². The second-order valence-electron chi connectivity index (χ2n) is 7.41. The van der Waals surface area contributed by atoms with Gasteiger partial charge in [-0.05, 0) is 50.5 Å². The lowest BCUT2D eigenvalue weighted by molar-refractivity contribution is -0.146. The van der Waals surface area contributed by atoms with E-state index in [1.165, 1.54) is 11.3 Å². The molecule has 0 spiro atoms. The molecule has 8 heteroatoms. The Hall–Kier alpha value is -1.86. The molecule has 0 aliphatic heterocycles. The molecule has 2 N–H and O–H groups in total. The highest BCUT2D eigenvalue weighted by atomic mass is 35.5. The molecule has 3 atom stereocenters. The van der Waals surface area contributed by atoms with Crippen LogP contribution in [0.5, 0.6) is 0 Å². The van der Waals surface area contributed by atoms with Crippen LogP contribution in [0.3, 0.4) is 0 Å². The second-order valence-corrected chi connectivity index (χ2v) is 9.00. The molecule has 2 aliphatic carbocycles. The maximum atomic E-state index is 12.9. The van der Waals surface area contributed by atoms with E-state index in [4.69, 9.17) is 16.3 Å². The number of allylic oxidation sites excluding steroid dienone is 2. The lowest BCUT2D eigenvalue weighted by Crippen LogP contribution is -2.35. The summed E-state index contributed by atoms with van der Waals surface area (Å²) in [6.45, 7) is 4.13. The number of amides is 1. The predicted molar refractivity (Wildman–Crippen MR) is 108 cm³/mol. The third kappa shape index (κ3) is 4.25. The smallest absolute Gasteiger partial charge is 0.341 e. The van der Waals surface area contributed by atoms with Crippen LogP contribution in [-0.4, -0.2) is 29.6 Å². The topological polar surface area (TPSA) is 92.7 Å². The average Bonchev–Trinajstić information content (AvgIpc) is 2.98. The molecule has 0 saturated heterocycles. The van der Waals surface area contributed by atoms with Crippen molar-refractivity contribution >= 4 is 45.8 Å². The molecule has 3 rings (SSSR count). The van der Waals surface area contributed by atoms with Crippen LogP contribution in [0, 0.1) is 17.8 Å². The Morgan fingerprint density at radius 1 is 1.32 bits per heavy atom. The summed E-state index contributed by atoms with van der Waals surface area (Å²) in [5.41, 5.74) is 1.37. The average molecular weight is 426 g/mol. The van der Waals surface area contributed by atoms with E-state index in [0.29, 0.717) is 21.5 Å². The highest BCUT2D eigenvalue weighted by molar-refractivity contribution is 7.17. The quantitative estimate of drug-likeness (QED) is 0.689. The molecule has 1 heterocycles. The third-order valence-electron chi connectivity index (χ3n) is 5.37. The minimum atomic E-state index is -1.02. The molecule has 0 fully saturated rings. The number of thiophene rings is 1. The number of rotatable bonds is 5. The number of hydrogen-bond acceptors (Lipinski definition) is 5. The summed E-state index contributed by atoms with van der Waals surface area (Å²) in [5, 5.41) is 13.2. The molecule has 0 unspecified atom stereocenters. The standard InChI is InChI=1S/C20H24ClNO5S/c1-3-27-20(26)16-14-8-10(2)4-7-15(14)28-18(16)22-17(23)13-9-11(21)5-6-12(13)19(24)25/h5,10,12-13H,3-4,6-9H2,1-2H3,(H,22,23)(H,24,25)/t10-,12-,13+/m0/s1. The maximum Gasteiger partial charge on any atom is 0.341 e. The first-order valence-electron chi connectivity index (χ1n) is 9.51. The molecule has 1 aromatic heterocycles. The Morgan fingerprint density at radius 2 is 2.07 bits per heavy atom. The van der Waals surface area contributed by atoms with Crippen LogP contribution in [-0.2, 0) is 27.2 Å². The molecule has 0 radical (unpaired) electrons. The molecule has 1 aromatic rings. The summed E-state index contributed by atoms with van der Waals surface area (Å²) in [6, 6.07) is 0. The second kappa shape index (κ2) is 8.66. The zero-order valence-corrected chi connectivity index (χ0v) is 17.5. The van der Waals surface area contributed by atoms with E-state index in [2.05, 4.69) is 12.2 Å². The number of halogens is 1. The van der Waals surface area contributed by atoms with Crippen LogP contribution in [0.1, 0.15) is 53.9 Å². The normalized spacial score (nSPS) is 24.1. The number of carboxylic acids is 1. The first kappa shape index (κ1) is 20.9. The van der Waals surface area contributed by atoms with Gasteiger partial charge in [-0.1, -0.05) is 24.6 Å². The SMILES string of the molecule is CCOC(=O)c1c(NC(=O)[C@@H]2CC(Cl)=CC[C@@H]2C(=O)O)sc2c1C[C@@H](C)CC2. The highest BCUT2D eigenvalue weighted by Crippen LogP contribution is 2.41. The molecule has 0 aromatic carbocycles. The van der Waals surface area contributed by atoms with E-state index < -0.39 is 29.7 Å². The van der Waals surface area contributed by atoms with Crippen LogP contribution < -0.4 is 5.32 Å². The van der Waals surface area contributed by atoms with E-state index >= 15 is 0 Å². The van der Waals surface area contributed by atoms with Crippen molar-refractivity contribution in [1.82, 2.24) is 0 Å². The van der Waals surface area contributed by atoms with Crippen molar-refractivity contribution < 1.29 is 24.2 Å². The number of anilines is 1. The zero-order chi connectivity index (χ0) is 20.4. The first-order chi connectivity index (χ1) is 13.3. The lowest BCUT2D eigenvalue weighted by Gasteiger charge is -2.25. The van der Waals surface area contributed by atoms with Gasteiger partial charge in [-0.2, -0.15) is 0 Å². The van der Waals surface area contributed by atoms with Gasteiger partial charge in [0.05, 0.1) is 24.0 Å². The summed E-state index contributed by atoms with van der Waals surface area (Å²) >= 11 is 7.46. The Balaban J connectivity index is 1.91. The van der Waals surface area contributed by atoms with E-state index in [1.54, 1.807) is 13.0 Å². The number of aryl methyl sites for hydroxylation is 1. The van der Waals surface area contributed by atoms with Crippen LogP contribution in [0.2, 0.25) is 0 Å². The number of fused-ring (bicyclic) bond motifs is 1. The third-order valence-corrected chi connectivity index (χ3v) is 6.89. The summed E-state index contributed by atoms with van der Waals surface area (Å²) in [6.07, 6.45) is 4.72. The van der Waals surface area contributed by atoms with E-state index in [0.717, 1.165) is 29.7 Å². The molecule has 152 valence electrons. The highest BCUT2D eigenvalue weighted by Gasteiger charge is 2.37. The summed E-state index contributed by atoms with van der Waals surface area (Å²) < 4.78 is 5.22. The van der Waals surface area contributed by atoms with Crippen molar-refractivity contribution in [2.45, 2.75) is 46.0 Å². The van der Waals surface area contributed by atoms with Crippen molar-refractivity contribution in [3.8, 4) is 0 Å². The van der Waals surface area contributed by atoms with Crippen molar-refractivity contribution in [2.24, 2.45) is 17.8 Å². The van der Waals surface area contributed by atoms with Crippen LogP contribution in [0.25, 0.3) is 0 Å². The number of aliphatic carboxylic acids is 1. The van der Waals surface area contributed by atoms with E-state index in [1.807, 2.05) is 0 Å². The van der Waals surface area contributed by atoms with Gasteiger partial charge < -0.3 is 15.2 Å². The zero-order valence-electron chi connectivity index (χ0n) is 15.9. The van der Waals surface area contributed by atoms with E-state index in [9.17, 15) is 19.5 Å². The fraction of sp³-hybridized carbons (Fsp3) is 0.550. The van der Waals surface area contributed by atoms with Gasteiger partial charge in [0.25, 0.3) is 0 Å². The van der Waals surface area contributed by atoms with Gasteiger partial charge in [-0.15, -0.1) is 11.3 Å². The minimum Gasteiger partial charge on any atom is -0.481 e. The number of nitrogens with one attached hydrogen (secondary N) is 1. The van der Waals surface area contributed by atoms with Gasteiger partial charge in [0.2, 0.25) is 5.91 Å². The Kier molecular flexibility index (Phi) is 6.45. The van der Waals surface area contributed by atoms with Gasteiger partial charge in [0.1, 0.15) is 5.00 Å². The van der Waals surface area contributed by atoms with E-state index in [-0.39, 0.29) is 19.4 Å². The first-order valence-corrected chi connectivity index (χ1v) is 10.7. The molecule has 0 saturated carbocycles. The molecule has 1 amide bonds. The fourth-order valence-electron chi connectivity index (χ4n) is 3.87. The number of esters is 1. The van der Waals surface area contributed by atoms with Crippen molar-refractivity contribution in [2.75, 3.05) is 11.9 Å². The molecule has 28 heavy (non-hydrogen) atoms. The van der Waals surface area contributed by atoms with Crippen molar-refractivity contribution in [3.05, 3.63) is 27.1 Å². The number of hydrogen-bond donors (Lipinski definition) is 2. The monoisotopic (exact) mass is 425 g/mol. The van der Waals surface area contributed by atoms with Gasteiger partial charge in [-0.25, -0.2) is 4.79 Å². The Bertz CT molecular complexity index is 831. The maximum absolute atomic E-state index is 12.9. The summed E-state index contributed by atoms with van der Waals surface area (Å²) in [7, 11) is 0.